The quantitative estimate of drug-likeness (QED) is 0.776. The molecule has 0 bridgehead atoms. The zero-order valence-corrected chi connectivity index (χ0v) is 10.3. The Labute approximate surface area is 97.8 Å². The van der Waals surface area contributed by atoms with E-state index in [1.807, 2.05) is 19.2 Å². The van der Waals surface area contributed by atoms with Crippen molar-refractivity contribution in [1.82, 2.24) is 5.32 Å². The van der Waals surface area contributed by atoms with Gasteiger partial charge in [0.1, 0.15) is 0 Å². The predicted molar refractivity (Wildman–Crippen MR) is 67.6 cm³/mol. The topological polar surface area (TPSA) is 12.0 Å². The molecule has 1 atom stereocenters. The highest BCUT2D eigenvalue weighted by Gasteiger charge is 2.09. The van der Waals surface area contributed by atoms with Crippen LogP contribution in [-0.2, 0) is 0 Å². The SMILES string of the molecule is CCCC(CCNC)c1ccc(Cl)cc1. The second kappa shape index (κ2) is 6.86. The van der Waals surface area contributed by atoms with Crippen molar-refractivity contribution in [3.63, 3.8) is 0 Å². The Morgan fingerprint density at radius 2 is 1.87 bits per heavy atom. The van der Waals surface area contributed by atoms with Crippen molar-refractivity contribution in [2.75, 3.05) is 13.6 Å². The van der Waals surface area contributed by atoms with E-state index in [1.165, 1.54) is 24.8 Å². The van der Waals surface area contributed by atoms with E-state index in [2.05, 4.69) is 24.4 Å². The van der Waals surface area contributed by atoms with E-state index in [0.29, 0.717) is 5.92 Å². The van der Waals surface area contributed by atoms with Gasteiger partial charge in [-0.05, 0) is 50.0 Å². The number of nitrogens with one attached hydrogen (secondary N) is 1. The summed E-state index contributed by atoms with van der Waals surface area (Å²) in [6, 6.07) is 8.27. The molecule has 84 valence electrons. The Bertz CT molecular complexity index is 268. The lowest BCUT2D eigenvalue weighted by molar-refractivity contribution is 0.551. The zero-order chi connectivity index (χ0) is 11.1. The first-order valence-corrected chi connectivity index (χ1v) is 6.05. The Balaban J connectivity index is 2.65. The predicted octanol–water partition coefficient (Wildman–Crippen LogP) is 3.83. The fourth-order valence-electron chi connectivity index (χ4n) is 1.88. The van der Waals surface area contributed by atoms with Crippen LogP contribution in [0.5, 0.6) is 0 Å². The molecule has 2 heteroatoms. The van der Waals surface area contributed by atoms with Crippen LogP contribution < -0.4 is 5.32 Å². The first-order valence-electron chi connectivity index (χ1n) is 5.68. The van der Waals surface area contributed by atoms with Gasteiger partial charge in [-0.1, -0.05) is 37.1 Å². The summed E-state index contributed by atoms with van der Waals surface area (Å²) in [5.41, 5.74) is 1.41. The minimum atomic E-state index is 0.666. The van der Waals surface area contributed by atoms with E-state index in [-0.39, 0.29) is 0 Å². The van der Waals surface area contributed by atoms with Crippen LogP contribution in [0.4, 0.5) is 0 Å². The van der Waals surface area contributed by atoms with Crippen LogP contribution in [0.25, 0.3) is 0 Å². The van der Waals surface area contributed by atoms with Crippen molar-refractivity contribution in [1.29, 1.82) is 0 Å². The van der Waals surface area contributed by atoms with Gasteiger partial charge in [0.15, 0.2) is 0 Å². The molecule has 0 saturated heterocycles. The van der Waals surface area contributed by atoms with Gasteiger partial charge in [-0.2, -0.15) is 0 Å². The van der Waals surface area contributed by atoms with Crippen LogP contribution in [0.2, 0.25) is 5.02 Å². The van der Waals surface area contributed by atoms with Crippen LogP contribution in [0.15, 0.2) is 24.3 Å². The summed E-state index contributed by atoms with van der Waals surface area (Å²) in [5, 5.41) is 4.03. The van der Waals surface area contributed by atoms with Crippen molar-refractivity contribution in [2.45, 2.75) is 32.1 Å². The molecule has 0 aliphatic carbocycles. The van der Waals surface area contributed by atoms with Gasteiger partial charge in [-0.15, -0.1) is 0 Å². The van der Waals surface area contributed by atoms with Crippen molar-refractivity contribution in [2.24, 2.45) is 0 Å². The second-order valence-electron chi connectivity index (χ2n) is 3.93. The first kappa shape index (κ1) is 12.5. The maximum Gasteiger partial charge on any atom is 0.0406 e. The summed E-state index contributed by atoms with van der Waals surface area (Å²) in [7, 11) is 2.00. The lowest BCUT2D eigenvalue weighted by Crippen LogP contribution is -2.12. The number of benzene rings is 1. The van der Waals surface area contributed by atoms with Gasteiger partial charge in [-0.25, -0.2) is 0 Å². The molecule has 1 aromatic carbocycles. The fourth-order valence-corrected chi connectivity index (χ4v) is 2.01. The molecule has 1 nitrogen and oxygen atoms in total. The molecule has 0 aliphatic heterocycles. The summed E-state index contributed by atoms with van der Waals surface area (Å²) in [6.07, 6.45) is 3.69. The third kappa shape index (κ3) is 4.23. The average Bonchev–Trinajstić information content (AvgIpc) is 2.25. The van der Waals surface area contributed by atoms with Gasteiger partial charge in [0, 0.05) is 5.02 Å². The third-order valence-electron chi connectivity index (χ3n) is 2.72. The molecule has 0 radical (unpaired) electrons. The molecule has 1 aromatic rings. The molecule has 0 aliphatic rings. The molecule has 0 fully saturated rings. The zero-order valence-electron chi connectivity index (χ0n) is 9.59. The molecular formula is C13H20ClN. The van der Waals surface area contributed by atoms with E-state index in [1.54, 1.807) is 0 Å². The van der Waals surface area contributed by atoms with Crippen molar-refractivity contribution < 1.29 is 0 Å². The second-order valence-corrected chi connectivity index (χ2v) is 4.37. The minimum Gasteiger partial charge on any atom is -0.320 e. The van der Waals surface area contributed by atoms with Gasteiger partial charge >= 0.3 is 0 Å². The van der Waals surface area contributed by atoms with Crippen LogP contribution in [0.3, 0.4) is 0 Å². The van der Waals surface area contributed by atoms with E-state index in [9.17, 15) is 0 Å². The third-order valence-corrected chi connectivity index (χ3v) is 2.97. The minimum absolute atomic E-state index is 0.666. The van der Waals surface area contributed by atoms with Crippen molar-refractivity contribution >= 4 is 11.6 Å². The van der Waals surface area contributed by atoms with Crippen molar-refractivity contribution in [3.05, 3.63) is 34.9 Å². The number of halogens is 1. The Hall–Kier alpha value is -0.530. The van der Waals surface area contributed by atoms with Crippen molar-refractivity contribution in [3.8, 4) is 0 Å². The van der Waals surface area contributed by atoms with Crippen LogP contribution >= 0.6 is 11.6 Å². The highest BCUT2D eigenvalue weighted by molar-refractivity contribution is 6.30. The normalized spacial score (nSPS) is 12.7. The van der Waals surface area contributed by atoms with Gasteiger partial charge in [0.25, 0.3) is 0 Å². The van der Waals surface area contributed by atoms with Gasteiger partial charge in [-0.3, -0.25) is 0 Å². The number of hydrogen-bond donors (Lipinski definition) is 1. The van der Waals surface area contributed by atoms with Crippen LogP contribution in [0.1, 0.15) is 37.7 Å². The monoisotopic (exact) mass is 225 g/mol. The summed E-state index contributed by atoms with van der Waals surface area (Å²) in [5.74, 6) is 0.666. The van der Waals surface area contributed by atoms with Crippen LogP contribution in [-0.4, -0.2) is 13.6 Å². The lowest BCUT2D eigenvalue weighted by atomic mass is 9.91. The van der Waals surface area contributed by atoms with E-state index < -0.39 is 0 Å². The number of rotatable bonds is 6. The summed E-state index contributed by atoms with van der Waals surface area (Å²) < 4.78 is 0. The maximum absolute atomic E-state index is 5.89. The summed E-state index contributed by atoms with van der Waals surface area (Å²) >= 11 is 5.89. The summed E-state index contributed by atoms with van der Waals surface area (Å²) in [6.45, 7) is 3.32. The summed E-state index contributed by atoms with van der Waals surface area (Å²) in [4.78, 5) is 0. The molecule has 0 spiro atoms. The van der Waals surface area contributed by atoms with Gasteiger partial charge in [0.2, 0.25) is 0 Å². The maximum atomic E-state index is 5.89. The first-order chi connectivity index (χ1) is 7.27. The Kier molecular flexibility index (Phi) is 5.74. The average molecular weight is 226 g/mol. The highest BCUT2D eigenvalue weighted by Crippen LogP contribution is 2.25. The van der Waals surface area contributed by atoms with E-state index >= 15 is 0 Å². The lowest BCUT2D eigenvalue weighted by Gasteiger charge is -2.16. The Morgan fingerprint density at radius 3 is 2.40 bits per heavy atom. The fraction of sp³-hybridized carbons (Fsp3) is 0.538. The smallest absolute Gasteiger partial charge is 0.0406 e. The number of hydrogen-bond acceptors (Lipinski definition) is 1. The molecular weight excluding hydrogens is 206 g/mol. The highest BCUT2D eigenvalue weighted by atomic mass is 35.5. The molecule has 1 N–H and O–H groups in total. The van der Waals surface area contributed by atoms with Gasteiger partial charge < -0.3 is 5.32 Å². The Morgan fingerprint density at radius 1 is 1.20 bits per heavy atom. The largest absolute Gasteiger partial charge is 0.320 e. The molecule has 1 rings (SSSR count). The molecule has 0 heterocycles. The molecule has 1 unspecified atom stereocenters. The molecule has 0 saturated carbocycles. The van der Waals surface area contributed by atoms with E-state index in [4.69, 9.17) is 11.6 Å². The standard InChI is InChI=1S/C13H20ClN/c1-3-4-11(9-10-15-2)12-5-7-13(14)8-6-12/h5-8,11,15H,3-4,9-10H2,1-2H3. The van der Waals surface area contributed by atoms with E-state index in [0.717, 1.165) is 11.6 Å². The molecule has 15 heavy (non-hydrogen) atoms. The van der Waals surface area contributed by atoms with Crippen LogP contribution in [0, 0.1) is 0 Å². The molecule has 0 amide bonds. The van der Waals surface area contributed by atoms with Gasteiger partial charge in [0.05, 0.1) is 0 Å². The molecule has 0 aromatic heterocycles.